The summed E-state index contributed by atoms with van der Waals surface area (Å²) in [7, 11) is 1.66. The number of nitrogens with one attached hydrogen (secondary N) is 1. The van der Waals surface area contributed by atoms with E-state index in [0.717, 1.165) is 6.42 Å². The lowest BCUT2D eigenvalue weighted by Crippen LogP contribution is -2.44. The fourth-order valence-electron chi connectivity index (χ4n) is 1.78. The molecule has 18 heavy (non-hydrogen) atoms. The van der Waals surface area contributed by atoms with Gasteiger partial charge in [-0.2, -0.15) is 0 Å². The largest absolute Gasteiger partial charge is 0.409 e. The lowest BCUT2D eigenvalue weighted by Gasteiger charge is -2.25. The van der Waals surface area contributed by atoms with Gasteiger partial charge in [0.05, 0.1) is 0 Å². The van der Waals surface area contributed by atoms with E-state index < -0.39 is 5.41 Å². The van der Waals surface area contributed by atoms with E-state index in [9.17, 15) is 4.79 Å². The minimum Gasteiger partial charge on any atom is -0.409 e. The van der Waals surface area contributed by atoms with E-state index in [1.165, 1.54) is 0 Å². The fourth-order valence-corrected chi connectivity index (χ4v) is 1.78. The smallest absolute Gasteiger partial charge is 0.233 e. The van der Waals surface area contributed by atoms with Gasteiger partial charge in [-0.3, -0.25) is 4.79 Å². The molecule has 0 aromatic heterocycles. The molecule has 0 heterocycles. The summed E-state index contributed by atoms with van der Waals surface area (Å²) < 4.78 is 5.03. The molecule has 1 rings (SSSR count). The van der Waals surface area contributed by atoms with Gasteiger partial charge in [0.25, 0.3) is 0 Å². The summed E-state index contributed by atoms with van der Waals surface area (Å²) in [6.45, 7) is 5.34. The minimum atomic E-state index is -0.772. The van der Waals surface area contributed by atoms with Gasteiger partial charge in [0.1, 0.15) is 5.41 Å². The zero-order valence-electron chi connectivity index (χ0n) is 11.3. The number of carbonyl (C=O) groups excluding carboxylic acids is 1. The number of ether oxygens (including phenoxy) is 1. The van der Waals surface area contributed by atoms with Crippen molar-refractivity contribution in [3.05, 3.63) is 0 Å². The van der Waals surface area contributed by atoms with Gasteiger partial charge in [-0.1, -0.05) is 19.0 Å². The summed E-state index contributed by atoms with van der Waals surface area (Å²) in [6, 6.07) is 0. The second-order valence-electron chi connectivity index (χ2n) is 5.66. The number of rotatable bonds is 7. The third-order valence-electron chi connectivity index (χ3n) is 3.49. The summed E-state index contributed by atoms with van der Waals surface area (Å²) >= 11 is 0. The number of nitrogens with zero attached hydrogens (tertiary/aromatic N) is 1. The molecule has 4 N–H and O–H groups in total. The van der Waals surface area contributed by atoms with Gasteiger partial charge in [0.15, 0.2) is 5.84 Å². The summed E-state index contributed by atoms with van der Waals surface area (Å²) in [4.78, 5) is 12.0. The van der Waals surface area contributed by atoms with Crippen LogP contribution in [-0.4, -0.2) is 37.2 Å². The van der Waals surface area contributed by atoms with Crippen molar-refractivity contribution >= 4 is 11.7 Å². The standard InChI is InChI=1S/C12H23N3O3/c1-11(2,6-7-18-3)8-14-10(16)12(4-5-12)9(13)15-17/h17H,4-8H2,1-3H3,(H2,13,15)(H,14,16). The number of carbonyl (C=O) groups is 1. The summed E-state index contributed by atoms with van der Waals surface area (Å²) in [5, 5.41) is 14.5. The number of oxime groups is 1. The Kier molecular flexibility index (Phi) is 4.56. The van der Waals surface area contributed by atoms with Crippen LogP contribution in [0.2, 0.25) is 0 Å². The molecule has 0 unspecified atom stereocenters. The van der Waals surface area contributed by atoms with E-state index in [4.69, 9.17) is 15.7 Å². The molecule has 1 amide bonds. The van der Waals surface area contributed by atoms with E-state index in [2.05, 4.69) is 24.3 Å². The second-order valence-corrected chi connectivity index (χ2v) is 5.66. The third kappa shape index (κ3) is 3.35. The number of methoxy groups -OCH3 is 1. The molecule has 1 aliphatic carbocycles. The first kappa shape index (κ1) is 14.8. The number of amides is 1. The second kappa shape index (κ2) is 5.56. The van der Waals surface area contributed by atoms with Crippen molar-refractivity contribution in [3.63, 3.8) is 0 Å². The molecule has 1 fully saturated rings. The number of amidine groups is 1. The van der Waals surface area contributed by atoms with Crippen LogP contribution in [0.15, 0.2) is 5.16 Å². The zero-order chi connectivity index (χ0) is 13.8. The maximum atomic E-state index is 12.0. The summed E-state index contributed by atoms with van der Waals surface area (Å²) in [5.41, 5.74) is 4.75. The molecule has 0 radical (unpaired) electrons. The van der Waals surface area contributed by atoms with Crippen molar-refractivity contribution in [2.45, 2.75) is 33.1 Å². The van der Waals surface area contributed by atoms with Crippen LogP contribution in [-0.2, 0) is 9.53 Å². The molecule has 6 heteroatoms. The molecule has 0 atom stereocenters. The van der Waals surface area contributed by atoms with Gasteiger partial charge in [0, 0.05) is 20.3 Å². The first-order chi connectivity index (χ1) is 8.38. The van der Waals surface area contributed by atoms with Gasteiger partial charge in [-0.05, 0) is 24.7 Å². The van der Waals surface area contributed by atoms with Crippen molar-refractivity contribution in [1.29, 1.82) is 0 Å². The van der Waals surface area contributed by atoms with E-state index >= 15 is 0 Å². The molecule has 6 nitrogen and oxygen atoms in total. The van der Waals surface area contributed by atoms with Crippen LogP contribution in [0.1, 0.15) is 33.1 Å². The van der Waals surface area contributed by atoms with Crippen molar-refractivity contribution in [1.82, 2.24) is 5.32 Å². The fraction of sp³-hybridized carbons (Fsp3) is 0.833. The molecule has 0 aliphatic heterocycles. The van der Waals surface area contributed by atoms with Gasteiger partial charge in [0.2, 0.25) is 5.91 Å². The Bertz CT molecular complexity index is 335. The van der Waals surface area contributed by atoms with E-state index in [1.807, 2.05) is 0 Å². The van der Waals surface area contributed by atoms with E-state index in [0.29, 0.717) is 26.0 Å². The molecule has 0 aromatic carbocycles. The van der Waals surface area contributed by atoms with Crippen molar-refractivity contribution in [2.24, 2.45) is 21.7 Å². The third-order valence-corrected chi connectivity index (χ3v) is 3.49. The van der Waals surface area contributed by atoms with Gasteiger partial charge in [-0.15, -0.1) is 0 Å². The van der Waals surface area contributed by atoms with Crippen LogP contribution >= 0.6 is 0 Å². The maximum absolute atomic E-state index is 12.0. The number of nitrogens with two attached hydrogens (primary N) is 1. The summed E-state index contributed by atoms with van der Waals surface area (Å²) in [6.07, 6.45) is 2.15. The van der Waals surface area contributed by atoms with Gasteiger partial charge < -0.3 is 21.0 Å². The van der Waals surface area contributed by atoms with E-state index in [-0.39, 0.29) is 17.2 Å². The van der Waals surface area contributed by atoms with Crippen LogP contribution in [0.25, 0.3) is 0 Å². The first-order valence-electron chi connectivity index (χ1n) is 6.13. The molecule has 0 spiro atoms. The van der Waals surface area contributed by atoms with Crippen LogP contribution in [0.5, 0.6) is 0 Å². The van der Waals surface area contributed by atoms with Gasteiger partial charge >= 0.3 is 0 Å². The Morgan fingerprint density at radius 1 is 1.56 bits per heavy atom. The predicted octanol–water partition coefficient (Wildman–Crippen LogP) is 0.692. The average molecular weight is 257 g/mol. The number of hydrogen-bond acceptors (Lipinski definition) is 4. The molecule has 104 valence electrons. The monoisotopic (exact) mass is 257 g/mol. The van der Waals surface area contributed by atoms with E-state index in [1.54, 1.807) is 7.11 Å². The van der Waals surface area contributed by atoms with Crippen molar-refractivity contribution < 1.29 is 14.7 Å². The maximum Gasteiger partial charge on any atom is 0.233 e. The molecular weight excluding hydrogens is 234 g/mol. The SMILES string of the molecule is COCCC(C)(C)CNC(=O)C1(C(N)=NO)CC1. The van der Waals surface area contributed by atoms with Crippen molar-refractivity contribution in [3.8, 4) is 0 Å². The molecule has 0 aromatic rings. The Morgan fingerprint density at radius 2 is 2.17 bits per heavy atom. The predicted molar refractivity (Wildman–Crippen MR) is 68.4 cm³/mol. The van der Waals surface area contributed by atoms with Crippen LogP contribution in [0.4, 0.5) is 0 Å². The highest BCUT2D eigenvalue weighted by Gasteiger charge is 2.54. The minimum absolute atomic E-state index is 0.00898. The Labute approximate surface area is 108 Å². The quantitative estimate of drug-likeness (QED) is 0.270. The van der Waals surface area contributed by atoms with Crippen LogP contribution in [0.3, 0.4) is 0 Å². The highest BCUT2D eigenvalue weighted by molar-refractivity contribution is 6.09. The average Bonchev–Trinajstić information content (AvgIpc) is 3.14. The first-order valence-corrected chi connectivity index (χ1v) is 6.13. The normalized spacial score (nSPS) is 18.5. The summed E-state index contributed by atoms with van der Waals surface area (Å²) in [5.74, 6) is -0.141. The van der Waals surface area contributed by atoms with Crippen LogP contribution < -0.4 is 11.1 Å². The number of hydrogen-bond donors (Lipinski definition) is 3. The highest BCUT2D eigenvalue weighted by Crippen LogP contribution is 2.46. The van der Waals surface area contributed by atoms with Crippen molar-refractivity contribution in [2.75, 3.05) is 20.3 Å². The molecular formula is C12H23N3O3. The molecule has 1 aliphatic rings. The Balaban J connectivity index is 2.47. The zero-order valence-corrected chi connectivity index (χ0v) is 11.3. The highest BCUT2D eigenvalue weighted by atomic mass is 16.5. The lowest BCUT2D eigenvalue weighted by atomic mass is 9.89. The molecule has 0 bridgehead atoms. The van der Waals surface area contributed by atoms with Crippen LogP contribution in [0, 0.1) is 10.8 Å². The Hall–Kier alpha value is -1.30. The van der Waals surface area contributed by atoms with Gasteiger partial charge in [-0.25, -0.2) is 0 Å². The molecule has 1 saturated carbocycles. The lowest BCUT2D eigenvalue weighted by molar-refractivity contribution is -0.124. The molecule has 0 saturated heterocycles. The topological polar surface area (TPSA) is 96.9 Å². The Morgan fingerprint density at radius 3 is 2.61 bits per heavy atom.